The number of aromatic nitrogens is 3. The van der Waals surface area contributed by atoms with Gasteiger partial charge >= 0.3 is 4.87 Å². The number of phenols is 1. The molecule has 13 heteroatoms. The van der Waals surface area contributed by atoms with Gasteiger partial charge in [0.2, 0.25) is 5.91 Å². The Morgan fingerprint density at radius 3 is 2.78 bits per heavy atom. The molecule has 2 fully saturated rings. The lowest BCUT2D eigenvalue weighted by molar-refractivity contribution is -0.160. The maximum Gasteiger partial charge on any atom is 0.305 e. The van der Waals surface area contributed by atoms with E-state index < -0.39 is 6.10 Å². The van der Waals surface area contributed by atoms with Crippen molar-refractivity contribution in [2.24, 2.45) is 0 Å². The van der Waals surface area contributed by atoms with Gasteiger partial charge in [0.1, 0.15) is 23.6 Å². The van der Waals surface area contributed by atoms with Gasteiger partial charge in [0.05, 0.1) is 28.7 Å². The average Bonchev–Trinajstić information content (AvgIpc) is 3.61. The molecule has 6 rings (SSSR count). The maximum absolute atomic E-state index is 14.6. The summed E-state index contributed by atoms with van der Waals surface area (Å²) in [6, 6.07) is 10.1. The Morgan fingerprint density at radius 1 is 1.20 bits per heavy atom. The lowest BCUT2D eigenvalue weighted by Gasteiger charge is -2.47. The zero-order valence-corrected chi connectivity index (χ0v) is 26.1. The van der Waals surface area contributed by atoms with Gasteiger partial charge in [0.25, 0.3) is 0 Å². The van der Waals surface area contributed by atoms with E-state index in [0.717, 1.165) is 54.1 Å². The van der Waals surface area contributed by atoms with Crippen LogP contribution in [0, 0.1) is 12.7 Å². The van der Waals surface area contributed by atoms with Crippen LogP contribution in [0.15, 0.2) is 47.4 Å². The third-order valence-electron chi connectivity index (χ3n) is 8.74. The fourth-order valence-corrected chi connectivity index (χ4v) is 7.28. The number of piperidine rings is 1. The van der Waals surface area contributed by atoms with Crippen LogP contribution in [0.4, 0.5) is 4.39 Å². The molecule has 4 aromatic rings. The van der Waals surface area contributed by atoms with Crippen LogP contribution in [0.1, 0.15) is 41.3 Å². The van der Waals surface area contributed by atoms with Crippen LogP contribution in [-0.4, -0.2) is 92.2 Å². The molecule has 45 heavy (non-hydrogen) atoms. The highest BCUT2D eigenvalue weighted by Gasteiger charge is 2.41. The average molecular weight is 639 g/mol. The molecule has 2 aliphatic rings. The van der Waals surface area contributed by atoms with Crippen LogP contribution in [-0.2, 0) is 29.0 Å². The Bertz CT molecular complexity index is 1710. The number of H-pyrrole nitrogens is 1. The second kappa shape index (κ2) is 13.4. The largest absolute Gasteiger partial charge is 0.506 e. The minimum atomic E-state index is -0.871. The van der Waals surface area contributed by atoms with Crippen LogP contribution >= 0.6 is 11.3 Å². The highest BCUT2D eigenvalue weighted by molar-refractivity contribution is 7.16. The number of thiazole rings is 1. The van der Waals surface area contributed by atoms with Gasteiger partial charge in [-0.05, 0) is 68.1 Å². The monoisotopic (exact) mass is 638 g/mol. The van der Waals surface area contributed by atoms with Crippen molar-refractivity contribution >= 4 is 27.5 Å². The number of aliphatic hydroxyl groups excluding tert-OH is 1. The number of benzene rings is 2. The van der Waals surface area contributed by atoms with Crippen LogP contribution in [0.25, 0.3) is 10.2 Å². The number of amides is 1. The van der Waals surface area contributed by atoms with Gasteiger partial charge in [-0.2, -0.15) is 5.10 Å². The maximum atomic E-state index is 14.6. The number of aromatic hydroxyl groups is 1. The summed E-state index contributed by atoms with van der Waals surface area (Å²) in [5.41, 5.74) is 3.21. The normalized spacial score (nSPS) is 17.7. The Labute approximate surface area is 264 Å². The van der Waals surface area contributed by atoms with Gasteiger partial charge in [-0.25, -0.2) is 4.39 Å². The molecule has 2 aliphatic heterocycles. The molecule has 2 saturated heterocycles. The third-order valence-corrected chi connectivity index (χ3v) is 9.67. The summed E-state index contributed by atoms with van der Waals surface area (Å²) in [6.45, 7) is 6.82. The van der Waals surface area contributed by atoms with Crippen molar-refractivity contribution in [3.05, 3.63) is 80.5 Å². The number of phenolic OH excluding ortho intramolecular Hbond substituents is 1. The Hall–Kier alpha value is -3.62. The zero-order chi connectivity index (χ0) is 31.6. The van der Waals surface area contributed by atoms with Gasteiger partial charge in [-0.3, -0.25) is 19.2 Å². The minimum Gasteiger partial charge on any atom is -0.506 e. The number of aliphatic hydroxyl groups is 1. The molecule has 240 valence electrons. The molecule has 0 unspecified atom stereocenters. The highest BCUT2D eigenvalue weighted by atomic mass is 32.1. The molecule has 11 nitrogen and oxygen atoms in total. The molecule has 4 N–H and O–H groups in total. The molecular weight excluding hydrogens is 599 g/mol. The van der Waals surface area contributed by atoms with Crippen LogP contribution in [0.5, 0.6) is 5.75 Å². The Balaban J connectivity index is 0.978. The number of fused-ring (bicyclic) bond motifs is 1. The van der Waals surface area contributed by atoms with Crippen molar-refractivity contribution in [2.75, 3.05) is 45.9 Å². The minimum absolute atomic E-state index is 0.0314. The van der Waals surface area contributed by atoms with E-state index in [0.29, 0.717) is 55.0 Å². The fraction of sp³-hybridized carbons (Fsp3) is 0.469. The lowest BCUT2D eigenvalue weighted by atomic mass is 9.89. The highest BCUT2D eigenvalue weighted by Crippen LogP contribution is 2.32. The van der Waals surface area contributed by atoms with Crippen LogP contribution < -0.4 is 10.2 Å². The first-order valence-corrected chi connectivity index (χ1v) is 16.1. The quantitative estimate of drug-likeness (QED) is 0.195. The predicted molar refractivity (Wildman–Crippen MR) is 169 cm³/mol. The number of aromatic amines is 1. The van der Waals surface area contributed by atoms with Crippen molar-refractivity contribution < 1.29 is 24.1 Å². The summed E-state index contributed by atoms with van der Waals surface area (Å²) >= 11 is 0.953. The van der Waals surface area contributed by atoms with Gasteiger partial charge in [-0.15, -0.1) is 0 Å². The number of ether oxygens (including phenoxy) is 1. The summed E-state index contributed by atoms with van der Waals surface area (Å²) in [6.07, 6.45) is 3.15. The molecule has 0 aliphatic carbocycles. The number of hydrogen-bond donors (Lipinski definition) is 4. The van der Waals surface area contributed by atoms with Crippen molar-refractivity contribution in [3.8, 4) is 5.75 Å². The summed E-state index contributed by atoms with van der Waals surface area (Å²) < 4.78 is 23.1. The third kappa shape index (κ3) is 7.45. The van der Waals surface area contributed by atoms with E-state index in [1.165, 1.54) is 6.07 Å². The molecule has 4 heterocycles. The Morgan fingerprint density at radius 2 is 2.00 bits per heavy atom. The first-order valence-electron chi connectivity index (χ1n) is 15.3. The van der Waals surface area contributed by atoms with Gasteiger partial charge < -0.3 is 30.2 Å². The Kier molecular flexibility index (Phi) is 9.33. The smallest absolute Gasteiger partial charge is 0.305 e. The number of halogens is 1. The van der Waals surface area contributed by atoms with Crippen molar-refractivity contribution in [1.29, 1.82) is 0 Å². The molecule has 1 amide bonds. The number of nitrogens with zero attached hydrogens (tertiary/aromatic N) is 4. The topological polar surface area (TPSA) is 136 Å². The second-order valence-electron chi connectivity index (χ2n) is 12.1. The standard InChI is InChI=1S/C32H39FN6O5S/c1-21-5-9-39(36-21)19-28(42)38-12-13-44-32(20-38)6-10-37(11-7-32)18-23-14-22(15-24(33)16-23)4-8-34-17-27(41)25-2-3-26(40)29-30(25)45-31(43)35-29/h2-3,5,9,14-16,27,34,40-41H,4,6-8,10-13,17-20H2,1H3,(H,35,43)/t27-/m0/s1. The molecule has 0 saturated carbocycles. The van der Waals surface area contributed by atoms with E-state index in [1.54, 1.807) is 22.9 Å². The molecule has 2 aromatic carbocycles. The fourth-order valence-electron chi connectivity index (χ4n) is 6.36. The lowest BCUT2D eigenvalue weighted by Crippen LogP contribution is -2.58. The van der Waals surface area contributed by atoms with E-state index in [-0.39, 0.29) is 41.0 Å². The number of nitrogens with one attached hydrogen (secondary N) is 2. The summed E-state index contributed by atoms with van der Waals surface area (Å²) in [5.74, 6) is -0.255. The van der Waals surface area contributed by atoms with E-state index in [9.17, 15) is 24.2 Å². The summed E-state index contributed by atoms with van der Waals surface area (Å²) in [4.78, 5) is 31.2. The number of rotatable bonds is 10. The number of hydrogen-bond acceptors (Lipinski definition) is 9. The summed E-state index contributed by atoms with van der Waals surface area (Å²) in [7, 11) is 0. The van der Waals surface area contributed by atoms with Crippen LogP contribution in [0.3, 0.4) is 0 Å². The first-order chi connectivity index (χ1) is 21.7. The zero-order valence-electron chi connectivity index (χ0n) is 25.3. The number of carbonyl (C=O) groups excluding carboxylic acids is 1. The molecular formula is C32H39FN6O5S. The van der Waals surface area contributed by atoms with Gasteiger partial charge in [0.15, 0.2) is 0 Å². The van der Waals surface area contributed by atoms with Crippen LogP contribution in [0.2, 0.25) is 0 Å². The number of likely N-dealkylation sites (tertiary alicyclic amines) is 1. The number of carbonyl (C=O) groups is 1. The SMILES string of the molecule is Cc1ccn(CC(=O)N2CCOC3(CCN(Cc4cc(F)cc(CCNC[C@H](O)c5ccc(O)c6[nH]c(=O)sc56)c4)CC3)C2)n1. The van der Waals surface area contributed by atoms with Crippen molar-refractivity contribution in [1.82, 2.24) is 29.9 Å². The van der Waals surface area contributed by atoms with Crippen molar-refractivity contribution in [3.63, 3.8) is 0 Å². The molecule has 1 spiro atoms. The summed E-state index contributed by atoms with van der Waals surface area (Å²) in [5, 5.41) is 28.3. The van der Waals surface area contributed by atoms with E-state index in [4.69, 9.17) is 4.74 Å². The molecule has 0 bridgehead atoms. The van der Waals surface area contributed by atoms with Crippen molar-refractivity contribution in [2.45, 2.75) is 51.0 Å². The van der Waals surface area contributed by atoms with E-state index in [1.807, 2.05) is 30.2 Å². The first kappa shape index (κ1) is 31.4. The van der Waals surface area contributed by atoms with E-state index in [2.05, 4.69) is 20.3 Å². The molecule has 2 aromatic heterocycles. The predicted octanol–water partition coefficient (Wildman–Crippen LogP) is 2.70. The van der Waals surface area contributed by atoms with E-state index >= 15 is 0 Å². The number of morpholine rings is 1. The van der Waals surface area contributed by atoms with Gasteiger partial charge in [0, 0.05) is 51.0 Å². The molecule has 1 atom stereocenters. The van der Waals surface area contributed by atoms with Gasteiger partial charge in [-0.1, -0.05) is 23.5 Å². The number of aryl methyl sites for hydroxylation is 1. The second-order valence-corrected chi connectivity index (χ2v) is 13.1. The molecule has 0 radical (unpaired) electrons.